The predicted molar refractivity (Wildman–Crippen MR) is 87.2 cm³/mol. The summed E-state index contributed by atoms with van der Waals surface area (Å²) in [5.74, 6) is 0.901. The molecule has 0 aliphatic rings. The molecule has 0 saturated carbocycles. The van der Waals surface area contributed by atoms with Gasteiger partial charge in [0, 0.05) is 23.0 Å². The summed E-state index contributed by atoms with van der Waals surface area (Å²) >= 11 is 7.60. The third-order valence-electron chi connectivity index (χ3n) is 3.12. The van der Waals surface area contributed by atoms with Crippen LogP contribution < -0.4 is 5.73 Å². The van der Waals surface area contributed by atoms with Crippen LogP contribution in [0.5, 0.6) is 0 Å². The first kappa shape index (κ1) is 15.4. The predicted octanol–water partition coefficient (Wildman–Crippen LogP) is 4.31. The van der Waals surface area contributed by atoms with Gasteiger partial charge >= 0.3 is 0 Å². The molecule has 1 atom stereocenters. The lowest BCUT2D eigenvalue weighted by molar-refractivity contribution is 0.644. The van der Waals surface area contributed by atoms with Gasteiger partial charge in [-0.25, -0.2) is 4.98 Å². The van der Waals surface area contributed by atoms with Crippen LogP contribution in [-0.4, -0.2) is 11.0 Å². The maximum Gasteiger partial charge on any atom is 0.0963 e. The zero-order chi connectivity index (χ0) is 14.4. The van der Waals surface area contributed by atoms with Gasteiger partial charge in [-0.15, -0.1) is 11.8 Å². The van der Waals surface area contributed by atoms with E-state index in [9.17, 15) is 0 Å². The average molecular weight is 307 g/mol. The van der Waals surface area contributed by atoms with Crippen LogP contribution in [0.3, 0.4) is 0 Å². The van der Waals surface area contributed by atoms with Crippen molar-refractivity contribution in [2.75, 3.05) is 0 Å². The van der Waals surface area contributed by atoms with Gasteiger partial charge in [0.25, 0.3) is 0 Å². The van der Waals surface area contributed by atoms with Crippen LogP contribution in [0.15, 0.2) is 47.6 Å². The summed E-state index contributed by atoms with van der Waals surface area (Å²) in [7, 11) is 0. The van der Waals surface area contributed by atoms with Crippen molar-refractivity contribution >= 4 is 23.4 Å². The van der Waals surface area contributed by atoms with Crippen molar-refractivity contribution in [3.05, 3.63) is 58.7 Å². The minimum absolute atomic E-state index is 0.226. The smallest absolute Gasteiger partial charge is 0.0963 e. The number of hydrogen-bond acceptors (Lipinski definition) is 3. The van der Waals surface area contributed by atoms with E-state index < -0.39 is 0 Å². The molecule has 0 fully saturated rings. The third-order valence-corrected chi connectivity index (χ3v) is 4.39. The Balaban J connectivity index is 1.89. The highest BCUT2D eigenvalue weighted by Crippen LogP contribution is 2.22. The number of pyridine rings is 1. The summed E-state index contributed by atoms with van der Waals surface area (Å²) in [6, 6.07) is 12.3. The molecular formula is C16H19ClN2S. The van der Waals surface area contributed by atoms with E-state index in [4.69, 9.17) is 17.3 Å². The number of nitrogens with two attached hydrogens (primary N) is 1. The molecule has 0 saturated heterocycles. The van der Waals surface area contributed by atoms with Crippen LogP contribution in [0, 0.1) is 0 Å². The molecule has 0 aliphatic heterocycles. The summed E-state index contributed by atoms with van der Waals surface area (Å²) in [5.41, 5.74) is 8.40. The van der Waals surface area contributed by atoms with Crippen molar-refractivity contribution in [1.29, 1.82) is 0 Å². The van der Waals surface area contributed by atoms with E-state index in [1.54, 1.807) is 11.8 Å². The Kier molecular flexibility index (Phi) is 5.89. The summed E-state index contributed by atoms with van der Waals surface area (Å²) in [5, 5.41) is 1.81. The number of benzene rings is 1. The average Bonchev–Trinajstić information content (AvgIpc) is 2.48. The van der Waals surface area contributed by atoms with Crippen LogP contribution >= 0.6 is 23.4 Å². The highest BCUT2D eigenvalue weighted by atomic mass is 35.5. The van der Waals surface area contributed by atoms with Crippen LogP contribution in [0.25, 0.3) is 0 Å². The van der Waals surface area contributed by atoms with Gasteiger partial charge in [-0.05, 0) is 42.2 Å². The van der Waals surface area contributed by atoms with Crippen LogP contribution in [0.2, 0.25) is 5.02 Å². The molecule has 1 aromatic heterocycles. The summed E-state index contributed by atoms with van der Waals surface area (Å²) in [6.45, 7) is 2.11. The molecule has 0 spiro atoms. The summed E-state index contributed by atoms with van der Waals surface area (Å²) in [6.07, 6.45) is 3.82. The van der Waals surface area contributed by atoms with Crippen molar-refractivity contribution in [3.63, 3.8) is 0 Å². The Morgan fingerprint density at radius 1 is 1.15 bits per heavy atom. The molecule has 4 heteroatoms. The second kappa shape index (κ2) is 7.67. The SMILES string of the molecule is CCC(N)Cc1ccc(SCc2ccc(Cl)cc2)nc1. The first-order valence-electron chi connectivity index (χ1n) is 6.75. The Bertz CT molecular complexity index is 525. The van der Waals surface area contributed by atoms with Gasteiger partial charge in [-0.3, -0.25) is 0 Å². The van der Waals surface area contributed by atoms with Crippen molar-refractivity contribution in [2.24, 2.45) is 5.73 Å². The van der Waals surface area contributed by atoms with E-state index in [0.717, 1.165) is 28.6 Å². The van der Waals surface area contributed by atoms with Gasteiger partial charge in [0.15, 0.2) is 0 Å². The van der Waals surface area contributed by atoms with E-state index in [0.29, 0.717) is 0 Å². The normalized spacial score (nSPS) is 12.3. The van der Waals surface area contributed by atoms with Gasteiger partial charge < -0.3 is 5.73 Å². The van der Waals surface area contributed by atoms with Gasteiger partial charge in [-0.2, -0.15) is 0 Å². The number of thioether (sulfide) groups is 1. The lowest BCUT2D eigenvalue weighted by Gasteiger charge is -2.08. The topological polar surface area (TPSA) is 38.9 Å². The molecule has 20 heavy (non-hydrogen) atoms. The second-order valence-electron chi connectivity index (χ2n) is 4.79. The maximum atomic E-state index is 5.95. The Labute approximate surface area is 129 Å². The molecule has 0 aliphatic carbocycles. The van der Waals surface area contributed by atoms with Gasteiger partial charge in [0.05, 0.1) is 5.03 Å². The largest absolute Gasteiger partial charge is 0.327 e. The molecule has 2 rings (SSSR count). The van der Waals surface area contributed by atoms with Crippen LogP contribution in [0.1, 0.15) is 24.5 Å². The fourth-order valence-corrected chi connectivity index (χ4v) is 2.73. The Hall–Kier alpha value is -1.03. The standard InChI is InChI=1S/C16H19ClN2S/c1-2-15(18)9-13-5-8-16(19-10-13)20-11-12-3-6-14(17)7-4-12/h3-8,10,15H,2,9,11,18H2,1H3. The number of rotatable bonds is 6. The molecule has 2 N–H and O–H groups in total. The fraction of sp³-hybridized carbons (Fsp3) is 0.312. The van der Waals surface area contributed by atoms with E-state index in [2.05, 4.69) is 24.0 Å². The number of aromatic nitrogens is 1. The molecule has 1 aromatic carbocycles. The lowest BCUT2D eigenvalue weighted by atomic mass is 10.1. The Morgan fingerprint density at radius 2 is 1.85 bits per heavy atom. The van der Waals surface area contributed by atoms with E-state index >= 15 is 0 Å². The molecular weight excluding hydrogens is 288 g/mol. The number of halogens is 1. The molecule has 106 valence electrons. The van der Waals surface area contributed by atoms with E-state index in [1.807, 2.05) is 30.5 Å². The van der Waals surface area contributed by atoms with Gasteiger partial charge in [0.1, 0.15) is 0 Å². The maximum absolute atomic E-state index is 5.95. The highest BCUT2D eigenvalue weighted by Gasteiger charge is 2.03. The first-order chi connectivity index (χ1) is 9.67. The summed E-state index contributed by atoms with van der Waals surface area (Å²) in [4.78, 5) is 4.48. The number of nitrogens with zero attached hydrogens (tertiary/aromatic N) is 1. The van der Waals surface area contributed by atoms with E-state index in [1.165, 1.54) is 11.1 Å². The van der Waals surface area contributed by atoms with Crippen molar-refractivity contribution in [2.45, 2.75) is 36.6 Å². The monoisotopic (exact) mass is 306 g/mol. The van der Waals surface area contributed by atoms with Crippen molar-refractivity contribution in [3.8, 4) is 0 Å². The zero-order valence-electron chi connectivity index (χ0n) is 11.6. The summed E-state index contributed by atoms with van der Waals surface area (Å²) < 4.78 is 0. The zero-order valence-corrected chi connectivity index (χ0v) is 13.1. The molecule has 0 amide bonds. The molecule has 1 heterocycles. The Morgan fingerprint density at radius 3 is 2.45 bits per heavy atom. The van der Waals surface area contributed by atoms with Crippen LogP contribution in [0.4, 0.5) is 0 Å². The van der Waals surface area contributed by atoms with Gasteiger partial charge in [0.2, 0.25) is 0 Å². The van der Waals surface area contributed by atoms with Crippen molar-refractivity contribution < 1.29 is 0 Å². The van der Waals surface area contributed by atoms with Crippen LogP contribution in [-0.2, 0) is 12.2 Å². The quantitative estimate of drug-likeness (QED) is 0.808. The highest BCUT2D eigenvalue weighted by molar-refractivity contribution is 7.98. The van der Waals surface area contributed by atoms with Crippen molar-refractivity contribution in [1.82, 2.24) is 4.98 Å². The third kappa shape index (κ3) is 4.82. The van der Waals surface area contributed by atoms with Gasteiger partial charge in [-0.1, -0.05) is 36.7 Å². The molecule has 0 bridgehead atoms. The van der Waals surface area contributed by atoms with E-state index in [-0.39, 0.29) is 6.04 Å². The number of hydrogen-bond donors (Lipinski definition) is 1. The lowest BCUT2D eigenvalue weighted by Crippen LogP contribution is -2.21. The first-order valence-corrected chi connectivity index (χ1v) is 8.11. The molecule has 1 unspecified atom stereocenters. The molecule has 0 radical (unpaired) electrons. The molecule has 2 nitrogen and oxygen atoms in total. The molecule has 2 aromatic rings. The second-order valence-corrected chi connectivity index (χ2v) is 6.22. The minimum atomic E-state index is 0.226. The fourth-order valence-electron chi connectivity index (χ4n) is 1.80. The minimum Gasteiger partial charge on any atom is -0.327 e.